The van der Waals surface area contributed by atoms with Gasteiger partial charge in [-0.15, -0.1) is 13.2 Å². The minimum atomic E-state index is -4.86. The van der Waals surface area contributed by atoms with Gasteiger partial charge in [0.05, 0.1) is 11.8 Å². The standard InChI is InChI=1S/C25H25BF4N4O3/c26-24(36)7-3-16-19(4-8-24)33-22-21(16)20(17(27)12-32-22)13-5-9-34(10-6-13)23(35)15-2-1-14(11-18(15)31)37-25(28,29)30/h1-2,11-13,36H,3-10,31H2,(H,32,33). The number of halogens is 4. The van der Waals surface area contributed by atoms with Crippen molar-refractivity contribution in [3.05, 3.63) is 52.6 Å². The summed E-state index contributed by atoms with van der Waals surface area (Å²) >= 11 is 0. The van der Waals surface area contributed by atoms with E-state index in [1.54, 1.807) is 4.90 Å². The number of H-pyrrole nitrogens is 1. The van der Waals surface area contributed by atoms with Crippen LogP contribution in [0.3, 0.4) is 0 Å². The van der Waals surface area contributed by atoms with Gasteiger partial charge >= 0.3 is 6.36 Å². The Morgan fingerprint density at radius 2 is 1.95 bits per heavy atom. The molecule has 12 heteroatoms. The third-order valence-corrected chi connectivity index (χ3v) is 7.30. The molecule has 5 rings (SSSR count). The molecule has 0 spiro atoms. The maximum absolute atomic E-state index is 15.2. The minimum Gasteiger partial charge on any atom is -0.406 e. The molecular weight excluding hydrogens is 491 g/mol. The van der Waals surface area contributed by atoms with Gasteiger partial charge in [-0.05, 0) is 62.1 Å². The highest BCUT2D eigenvalue weighted by atomic mass is 19.4. The number of nitrogens with two attached hydrogens (primary N) is 1. The molecule has 194 valence electrons. The third-order valence-electron chi connectivity index (χ3n) is 7.30. The number of hydrogen-bond acceptors (Lipinski definition) is 5. The molecule has 1 aliphatic heterocycles. The van der Waals surface area contributed by atoms with Crippen LogP contribution in [0, 0.1) is 5.82 Å². The predicted octanol–water partition coefficient (Wildman–Crippen LogP) is 3.94. The molecule has 3 heterocycles. The first kappa shape index (κ1) is 25.4. The maximum Gasteiger partial charge on any atom is 0.573 e. The summed E-state index contributed by atoms with van der Waals surface area (Å²) in [6.45, 7) is 0.643. The van der Waals surface area contributed by atoms with Gasteiger partial charge in [0.15, 0.2) is 0 Å². The van der Waals surface area contributed by atoms with Crippen molar-refractivity contribution in [2.45, 2.75) is 56.3 Å². The number of amides is 1. The van der Waals surface area contributed by atoms with Gasteiger partial charge in [0.25, 0.3) is 5.91 Å². The summed E-state index contributed by atoms with van der Waals surface area (Å²) in [4.78, 5) is 22.1. The quantitative estimate of drug-likeness (QED) is 0.212. The van der Waals surface area contributed by atoms with Crippen LogP contribution in [0.4, 0.5) is 23.2 Å². The number of rotatable bonds is 3. The van der Waals surface area contributed by atoms with Crippen molar-refractivity contribution in [2.24, 2.45) is 0 Å². The average molecular weight is 516 g/mol. The second-order valence-corrected chi connectivity index (χ2v) is 9.79. The number of nitrogen functional groups attached to an aromatic ring is 1. The number of aromatic nitrogens is 2. The van der Waals surface area contributed by atoms with E-state index in [1.807, 2.05) is 0 Å². The van der Waals surface area contributed by atoms with Crippen LogP contribution in [-0.4, -0.2) is 58.7 Å². The smallest absolute Gasteiger partial charge is 0.406 e. The van der Waals surface area contributed by atoms with Gasteiger partial charge in [0.1, 0.15) is 25.1 Å². The van der Waals surface area contributed by atoms with Gasteiger partial charge in [-0.3, -0.25) is 4.79 Å². The molecule has 0 saturated carbocycles. The second-order valence-electron chi connectivity index (χ2n) is 9.79. The van der Waals surface area contributed by atoms with Crippen LogP contribution in [0.25, 0.3) is 11.0 Å². The molecule has 4 N–H and O–H groups in total. The number of hydrogen-bond donors (Lipinski definition) is 3. The van der Waals surface area contributed by atoms with E-state index in [0.29, 0.717) is 62.8 Å². The lowest BCUT2D eigenvalue weighted by molar-refractivity contribution is -0.274. The number of alkyl halides is 3. The van der Waals surface area contributed by atoms with Crippen molar-refractivity contribution in [3.63, 3.8) is 0 Å². The molecule has 1 aliphatic carbocycles. The van der Waals surface area contributed by atoms with Gasteiger partial charge < -0.3 is 25.5 Å². The molecule has 2 radical (unpaired) electrons. The zero-order chi connectivity index (χ0) is 26.5. The summed E-state index contributed by atoms with van der Waals surface area (Å²) in [6, 6.07) is 3.23. The Labute approximate surface area is 211 Å². The van der Waals surface area contributed by atoms with E-state index in [4.69, 9.17) is 13.6 Å². The topological polar surface area (TPSA) is 104 Å². The Balaban J connectivity index is 1.35. The van der Waals surface area contributed by atoms with Gasteiger partial charge in [0, 0.05) is 47.0 Å². The van der Waals surface area contributed by atoms with Crippen molar-refractivity contribution in [2.75, 3.05) is 18.8 Å². The molecule has 2 aliphatic rings. The number of benzene rings is 1. The van der Waals surface area contributed by atoms with Crippen molar-refractivity contribution in [1.82, 2.24) is 14.9 Å². The summed E-state index contributed by atoms with van der Waals surface area (Å²) in [5.74, 6) is -1.51. The Hall–Kier alpha value is -3.28. The van der Waals surface area contributed by atoms with E-state index < -0.39 is 29.3 Å². The average Bonchev–Trinajstić information content (AvgIpc) is 3.10. The Kier molecular flexibility index (Phi) is 6.33. The predicted molar refractivity (Wildman–Crippen MR) is 129 cm³/mol. The van der Waals surface area contributed by atoms with Crippen LogP contribution in [0.15, 0.2) is 24.4 Å². The number of likely N-dealkylation sites (tertiary alicyclic amines) is 1. The number of aromatic amines is 1. The highest BCUT2D eigenvalue weighted by molar-refractivity contribution is 6.14. The SMILES string of the molecule is [B]C1(O)CCc2[nH]c3ncc(F)c(C4CCN(C(=O)c5ccc(OC(F)(F)F)cc5N)CC4)c3c2CC1. The number of aliphatic hydroxyl groups is 1. The second kappa shape index (κ2) is 9.23. The normalized spacial score (nSPS) is 21.1. The van der Waals surface area contributed by atoms with Crippen LogP contribution in [0.5, 0.6) is 5.75 Å². The van der Waals surface area contributed by atoms with Gasteiger partial charge in [-0.2, -0.15) is 0 Å². The zero-order valence-corrected chi connectivity index (χ0v) is 19.9. The van der Waals surface area contributed by atoms with E-state index in [1.165, 1.54) is 12.3 Å². The van der Waals surface area contributed by atoms with E-state index in [-0.39, 0.29) is 17.2 Å². The van der Waals surface area contributed by atoms with Gasteiger partial charge in [0.2, 0.25) is 0 Å². The fourth-order valence-corrected chi connectivity index (χ4v) is 5.44. The molecule has 1 saturated heterocycles. The molecule has 1 fully saturated rings. The number of aryl methyl sites for hydroxylation is 2. The van der Waals surface area contributed by atoms with Crippen LogP contribution in [-0.2, 0) is 12.8 Å². The lowest BCUT2D eigenvalue weighted by atomic mass is 9.75. The molecule has 2 aromatic heterocycles. The van der Waals surface area contributed by atoms with E-state index >= 15 is 4.39 Å². The Morgan fingerprint density at radius 3 is 2.62 bits per heavy atom. The van der Waals surface area contributed by atoms with Crippen LogP contribution >= 0.6 is 0 Å². The number of carbonyl (C=O) groups is 1. The number of nitrogens with one attached hydrogen (secondary N) is 1. The zero-order valence-electron chi connectivity index (χ0n) is 19.9. The van der Waals surface area contributed by atoms with Gasteiger partial charge in [-0.25, -0.2) is 9.37 Å². The molecule has 1 aromatic carbocycles. The van der Waals surface area contributed by atoms with Crippen molar-refractivity contribution >= 4 is 30.5 Å². The molecule has 3 aromatic rings. The monoisotopic (exact) mass is 516 g/mol. The number of anilines is 1. The molecule has 37 heavy (non-hydrogen) atoms. The van der Waals surface area contributed by atoms with Crippen LogP contribution < -0.4 is 10.5 Å². The maximum atomic E-state index is 15.2. The fourth-order valence-electron chi connectivity index (χ4n) is 5.44. The number of fused-ring (bicyclic) bond motifs is 3. The minimum absolute atomic E-state index is 0.0793. The number of pyridine rings is 1. The van der Waals surface area contributed by atoms with Crippen molar-refractivity contribution in [1.29, 1.82) is 0 Å². The Morgan fingerprint density at radius 1 is 1.24 bits per heavy atom. The van der Waals surface area contributed by atoms with Crippen molar-refractivity contribution < 1.29 is 32.2 Å². The first-order chi connectivity index (χ1) is 17.4. The summed E-state index contributed by atoms with van der Waals surface area (Å²) in [5.41, 5.74) is 7.49. The molecule has 1 amide bonds. The lowest BCUT2D eigenvalue weighted by Gasteiger charge is -2.33. The highest BCUT2D eigenvalue weighted by Crippen LogP contribution is 2.39. The fraction of sp³-hybridized carbons (Fsp3) is 0.440. The summed E-state index contributed by atoms with van der Waals surface area (Å²) in [7, 11) is 5.96. The molecule has 1 unspecified atom stereocenters. The Bertz CT molecular complexity index is 1350. The highest BCUT2D eigenvalue weighted by Gasteiger charge is 2.33. The first-order valence-corrected chi connectivity index (χ1v) is 12.1. The number of ether oxygens (including phenoxy) is 1. The van der Waals surface area contributed by atoms with Crippen molar-refractivity contribution in [3.8, 4) is 5.75 Å². The third kappa shape index (κ3) is 5.11. The number of piperidine rings is 1. The summed E-state index contributed by atoms with van der Waals surface area (Å²) < 4.78 is 56.4. The molecule has 7 nitrogen and oxygen atoms in total. The molecule has 0 bridgehead atoms. The lowest BCUT2D eigenvalue weighted by Crippen LogP contribution is -2.38. The van der Waals surface area contributed by atoms with E-state index in [2.05, 4.69) is 14.7 Å². The number of nitrogens with zero attached hydrogens (tertiary/aromatic N) is 2. The largest absolute Gasteiger partial charge is 0.573 e. The van der Waals surface area contributed by atoms with Crippen LogP contribution in [0.2, 0.25) is 0 Å². The van der Waals surface area contributed by atoms with E-state index in [9.17, 15) is 23.1 Å². The van der Waals surface area contributed by atoms with Gasteiger partial charge in [-0.1, -0.05) is 0 Å². The molecule has 1 atom stereocenters. The number of carbonyl (C=O) groups excluding carboxylic acids is 1. The van der Waals surface area contributed by atoms with Crippen LogP contribution in [0.1, 0.15) is 58.8 Å². The van der Waals surface area contributed by atoms with E-state index in [0.717, 1.165) is 28.8 Å². The first-order valence-electron chi connectivity index (χ1n) is 12.1. The summed E-state index contributed by atoms with van der Waals surface area (Å²) in [6.07, 6.45) is -0.935. The summed E-state index contributed by atoms with van der Waals surface area (Å²) in [5, 5.41) is 11.0. The molecular formula is C25H25BF4N4O3.